The molecule has 3 heteroatoms. The number of aromatic nitrogens is 1. The first kappa shape index (κ1) is 11.7. The monoisotopic (exact) mass is 258 g/mol. The summed E-state index contributed by atoms with van der Waals surface area (Å²) >= 11 is 1.81. The van der Waals surface area contributed by atoms with Gasteiger partial charge in [0.25, 0.3) is 0 Å². The SMILES string of the molecule is CC1CCC(c2nc(-c3ccc(N)cc3)cs2)C1. The number of nitrogens with two attached hydrogens (primary N) is 1. The molecule has 2 aromatic rings. The van der Waals surface area contributed by atoms with Crippen LogP contribution in [0.4, 0.5) is 5.69 Å². The summed E-state index contributed by atoms with van der Waals surface area (Å²) < 4.78 is 0. The fourth-order valence-corrected chi connectivity index (χ4v) is 3.67. The van der Waals surface area contributed by atoms with Gasteiger partial charge in [-0.1, -0.05) is 25.5 Å². The largest absolute Gasteiger partial charge is 0.399 e. The maximum Gasteiger partial charge on any atom is 0.0963 e. The second kappa shape index (κ2) is 4.73. The molecule has 0 aliphatic heterocycles. The van der Waals surface area contributed by atoms with Gasteiger partial charge in [-0.3, -0.25) is 0 Å². The van der Waals surface area contributed by atoms with E-state index in [9.17, 15) is 0 Å². The van der Waals surface area contributed by atoms with Gasteiger partial charge < -0.3 is 5.73 Å². The minimum absolute atomic E-state index is 0.688. The Kier molecular flexibility index (Phi) is 3.08. The number of hydrogen-bond donors (Lipinski definition) is 1. The maximum absolute atomic E-state index is 5.71. The van der Waals surface area contributed by atoms with E-state index in [1.165, 1.54) is 24.3 Å². The molecule has 1 fully saturated rings. The molecule has 1 aliphatic rings. The minimum Gasteiger partial charge on any atom is -0.399 e. The summed E-state index contributed by atoms with van der Waals surface area (Å²) in [5.41, 5.74) is 8.77. The third-order valence-corrected chi connectivity index (χ3v) is 4.78. The van der Waals surface area contributed by atoms with E-state index in [1.54, 1.807) is 11.3 Å². The average Bonchev–Trinajstić information content (AvgIpc) is 2.98. The zero-order chi connectivity index (χ0) is 12.5. The number of nitrogens with zero attached hydrogens (tertiary/aromatic N) is 1. The Balaban J connectivity index is 1.83. The van der Waals surface area contributed by atoms with E-state index in [2.05, 4.69) is 12.3 Å². The summed E-state index contributed by atoms with van der Waals surface area (Å²) in [4.78, 5) is 4.80. The van der Waals surface area contributed by atoms with Crippen LogP contribution in [0, 0.1) is 5.92 Å². The van der Waals surface area contributed by atoms with Crippen molar-refractivity contribution in [2.75, 3.05) is 5.73 Å². The first-order valence-corrected chi connectivity index (χ1v) is 7.41. The number of rotatable bonds is 2. The summed E-state index contributed by atoms with van der Waals surface area (Å²) in [6.45, 7) is 2.34. The molecule has 0 radical (unpaired) electrons. The zero-order valence-corrected chi connectivity index (χ0v) is 11.4. The Morgan fingerprint density at radius 1 is 1.22 bits per heavy atom. The van der Waals surface area contributed by atoms with E-state index in [0.717, 1.165) is 22.9 Å². The summed E-state index contributed by atoms with van der Waals surface area (Å²) in [5.74, 6) is 1.55. The highest BCUT2D eigenvalue weighted by Crippen LogP contribution is 2.40. The summed E-state index contributed by atoms with van der Waals surface area (Å²) in [6.07, 6.45) is 3.95. The molecule has 0 spiro atoms. The number of benzene rings is 1. The summed E-state index contributed by atoms with van der Waals surface area (Å²) in [7, 11) is 0. The van der Waals surface area contributed by atoms with Crippen molar-refractivity contribution >= 4 is 17.0 Å². The van der Waals surface area contributed by atoms with Gasteiger partial charge in [-0.15, -0.1) is 11.3 Å². The molecule has 0 bridgehead atoms. The highest BCUT2D eigenvalue weighted by molar-refractivity contribution is 7.10. The van der Waals surface area contributed by atoms with Crippen LogP contribution in [0.25, 0.3) is 11.3 Å². The van der Waals surface area contributed by atoms with Crippen LogP contribution in [0.2, 0.25) is 0 Å². The van der Waals surface area contributed by atoms with Crippen LogP contribution in [0.1, 0.15) is 37.1 Å². The molecule has 1 aromatic heterocycles. The van der Waals surface area contributed by atoms with Crippen LogP contribution in [0.3, 0.4) is 0 Å². The molecule has 2 N–H and O–H groups in total. The summed E-state index contributed by atoms with van der Waals surface area (Å²) in [6, 6.07) is 7.97. The van der Waals surface area contributed by atoms with Gasteiger partial charge in [-0.2, -0.15) is 0 Å². The van der Waals surface area contributed by atoms with E-state index < -0.39 is 0 Å². The zero-order valence-electron chi connectivity index (χ0n) is 10.6. The Morgan fingerprint density at radius 3 is 2.67 bits per heavy atom. The average molecular weight is 258 g/mol. The van der Waals surface area contributed by atoms with Crippen LogP contribution in [-0.4, -0.2) is 4.98 Å². The lowest BCUT2D eigenvalue weighted by Crippen LogP contribution is -1.92. The van der Waals surface area contributed by atoms with Gasteiger partial charge in [0.1, 0.15) is 0 Å². The Hall–Kier alpha value is -1.35. The van der Waals surface area contributed by atoms with E-state index in [4.69, 9.17) is 10.7 Å². The number of thiazole rings is 1. The molecule has 2 nitrogen and oxygen atoms in total. The first-order valence-electron chi connectivity index (χ1n) is 6.53. The Labute approximate surface area is 112 Å². The van der Waals surface area contributed by atoms with Gasteiger partial charge in [0.05, 0.1) is 10.7 Å². The van der Waals surface area contributed by atoms with Gasteiger partial charge in [0, 0.05) is 22.5 Å². The maximum atomic E-state index is 5.71. The normalized spacial score (nSPS) is 23.4. The lowest BCUT2D eigenvalue weighted by atomic mass is 10.1. The van der Waals surface area contributed by atoms with Crippen LogP contribution >= 0.6 is 11.3 Å². The Bertz CT molecular complexity index is 530. The summed E-state index contributed by atoms with van der Waals surface area (Å²) in [5, 5.41) is 3.48. The fraction of sp³-hybridized carbons (Fsp3) is 0.400. The topological polar surface area (TPSA) is 38.9 Å². The smallest absolute Gasteiger partial charge is 0.0963 e. The van der Waals surface area contributed by atoms with Crippen molar-refractivity contribution in [1.82, 2.24) is 4.98 Å². The fourth-order valence-electron chi connectivity index (χ4n) is 2.69. The number of hydrogen-bond acceptors (Lipinski definition) is 3. The third kappa shape index (κ3) is 2.27. The lowest BCUT2D eigenvalue weighted by molar-refractivity contribution is 0.596. The molecule has 1 heterocycles. The van der Waals surface area contributed by atoms with Crippen LogP contribution in [-0.2, 0) is 0 Å². The van der Waals surface area contributed by atoms with Crippen molar-refractivity contribution < 1.29 is 0 Å². The van der Waals surface area contributed by atoms with E-state index >= 15 is 0 Å². The molecule has 1 saturated carbocycles. The van der Waals surface area contributed by atoms with Crippen LogP contribution < -0.4 is 5.73 Å². The van der Waals surface area contributed by atoms with Crippen molar-refractivity contribution in [1.29, 1.82) is 0 Å². The molecule has 1 aliphatic carbocycles. The van der Waals surface area contributed by atoms with Gasteiger partial charge in [-0.05, 0) is 30.9 Å². The number of nitrogen functional groups attached to an aromatic ring is 1. The second-order valence-corrected chi connectivity index (χ2v) is 6.20. The Morgan fingerprint density at radius 2 is 2.00 bits per heavy atom. The predicted molar refractivity (Wildman–Crippen MR) is 77.7 cm³/mol. The molecule has 2 unspecified atom stereocenters. The molecule has 18 heavy (non-hydrogen) atoms. The quantitative estimate of drug-likeness (QED) is 0.816. The van der Waals surface area contributed by atoms with Crippen molar-refractivity contribution in [3.8, 4) is 11.3 Å². The highest BCUT2D eigenvalue weighted by Gasteiger charge is 2.25. The van der Waals surface area contributed by atoms with Gasteiger partial charge in [0.15, 0.2) is 0 Å². The molecular formula is C15H18N2S. The highest BCUT2D eigenvalue weighted by atomic mass is 32.1. The molecule has 94 valence electrons. The molecule has 0 saturated heterocycles. The van der Waals surface area contributed by atoms with Crippen molar-refractivity contribution in [3.63, 3.8) is 0 Å². The minimum atomic E-state index is 0.688. The van der Waals surface area contributed by atoms with Gasteiger partial charge in [0.2, 0.25) is 0 Å². The molecule has 3 rings (SSSR count). The standard InChI is InChI=1S/C15H18N2S/c1-10-2-3-12(8-10)15-17-14(9-18-15)11-4-6-13(16)7-5-11/h4-7,9-10,12H,2-3,8,16H2,1H3. The van der Waals surface area contributed by atoms with E-state index in [0.29, 0.717) is 5.92 Å². The molecule has 1 aromatic carbocycles. The van der Waals surface area contributed by atoms with Crippen LogP contribution in [0.5, 0.6) is 0 Å². The molecule has 2 atom stereocenters. The third-order valence-electron chi connectivity index (χ3n) is 3.77. The van der Waals surface area contributed by atoms with Crippen molar-refractivity contribution in [2.45, 2.75) is 32.1 Å². The predicted octanol–water partition coefficient (Wildman–Crippen LogP) is 4.30. The van der Waals surface area contributed by atoms with Crippen molar-refractivity contribution in [3.05, 3.63) is 34.7 Å². The molecular weight excluding hydrogens is 240 g/mol. The van der Waals surface area contributed by atoms with E-state index in [-0.39, 0.29) is 0 Å². The van der Waals surface area contributed by atoms with Crippen LogP contribution in [0.15, 0.2) is 29.6 Å². The van der Waals surface area contributed by atoms with Gasteiger partial charge >= 0.3 is 0 Å². The number of anilines is 1. The first-order chi connectivity index (χ1) is 8.72. The lowest BCUT2D eigenvalue weighted by Gasteiger charge is -2.04. The van der Waals surface area contributed by atoms with Gasteiger partial charge in [-0.25, -0.2) is 4.98 Å². The molecule has 0 amide bonds. The van der Waals surface area contributed by atoms with E-state index in [1.807, 2.05) is 24.3 Å². The van der Waals surface area contributed by atoms with Crippen molar-refractivity contribution in [2.24, 2.45) is 5.92 Å². The second-order valence-electron chi connectivity index (χ2n) is 5.31.